The molecule has 0 aromatic heterocycles. The van der Waals surface area contributed by atoms with Gasteiger partial charge in [0.15, 0.2) is 12.1 Å². The summed E-state index contributed by atoms with van der Waals surface area (Å²) in [5, 5.41) is 28.5. The van der Waals surface area contributed by atoms with E-state index >= 15 is 0 Å². The molecule has 0 aliphatic rings. The van der Waals surface area contributed by atoms with Crippen LogP contribution in [0.4, 0.5) is 0 Å². The topological polar surface area (TPSA) is 77.8 Å². The van der Waals surface area contributed by atoms with Crippen LogP contribution in [0, 0.1) is 0 Å². The highest BCUT2D eigenvalue weighted by Crippen LogP contribution is 2.23. The Labute approximate surface area is 110 Å². The summed E-state index contributed by atoms with van der Waals surface area (Å²) in [5.41, 5.74) is 0.658. The highest BCUT2D eigenvalue weighted by Gasteiger charge is 2.23. The first kappa shape index (κ1) is 13.4. The quantitative estimate of drug-likeness (QED) is 0.575. The number of benzene rings is 2. The van der Waals surface area contributed by atoms with Crippen LogP contribution in [0.3, 0.4) is 0 Å². The molecule has 0 saturated carbocycles. The van der Waals surface area contributed by atoms with Crippen LogP contribution in [0.15, 0.2) is 54.6 Å². The molecular weight excluding hydrogens is 244 g/mol. The number of Topliss-reactive ketones (excluding diaryl/α,β-unsaturated/α-hetero) is 1. The van der Waals surface area contributed by atoms with Crippen molar-refractivity contribution < 1.29 is 20.1 Å². The molecule has 0 spiro atoms. The Kier molecular flexibility index (Phi) is 4.06. The van der Waals surface area contributed by atoms with E-state index in [9.17, 15) is 20.1 Å². The zero-order valence-corrected chi connectivity index (χ0v) is 10.1. The van der Waals surface area contributed by atoms with E-state index in [0.29, 0.717) is 5.56 Å². The zero-order chi connectivity index (χ0) is 13.8. The maximum Gasteiger partial charge on any atom is 0.196 e. The number of rotatable bonds is 4. The number of hydrogen-bond donors (Lipinski definition) is 3. The third-order valence-corrected chi connectivity index (χ3v) is 2.87. The summed E-state index contributed by atoms with van der Waals surface area (Å²) in [4.78, 5) is 12.2. The lowest BCUT2D eigenvalue weighted by Gasteiger charge is -2.14. The van der Waals surface area contributed by atoms with Crippen LogP contribution in [0.25, 0.3) is 0 Å². The number of aliphatic hydroxyl groups excluding tert-OH is 2. The standard InChI is InChI=1S/C15H14O4/c16-13(10-6-2-1-3-7-10)14(17)11-8-4-5-9-12(11)15(18)19/h1-9,13,15-16,18-19H. The second-order valence-corrected chi connectivity index (χ2v) is 4.14. The van der Waals surface area contributed by atoms with Gasteiger partial charge in [0.1, 0.15) is 6.10 Å². The summed E-state index contributed by atoms with van der Waals surface area (Å²) in [6, 6.07) is 14.6. The van der Waals surface area contributed by atoms with E-state index in [4.69, 9.17) is 0 Å². The van der Waals surface area contributed by atoms with Crippen LogP contribution in [0.5, 0.6) is 0 Å². The molecule has 1 unspecified atom stereocenters. The molecule has 98 valence electrons. The Morgan fingerprint density at radius 1 is 0.842 bits per heavy atom. The summed E-state index contributed by atoms with van der Waals surface area (Å²) < 4.78 is 0. The second kappa shape index (κ2) is 5.75. The van der Waals surface area contributed by atoms with Crippen molar-refractivity contribution in [1.29, 1.82) is 0 Å². The molecule has 4 nitrogen and oxygen atoms in total. The molecule has 0 amide bonds. The Balaban J connectivity index is 2.35. The average Bonchev–Trinajstić information content (AvgIpc) is 2.46. The van der Waals surface area contributed by atoms with Crippen molar-refractivity contribution in [2.75, 3.05) is 0 Å². The molecule has 0 saturated heterocycles. The average molecular weight is 258 g/mol. The molecule has 0 bridgehead atoms. The van der Waals surface area contributed by atoms with Gasteiger partial charge in [0, 0.05) is 11.1 Å². The third kappa shape index (κ3) is 2.88. The first-order valence-electron chi connectivity index (χ1n) is 5.83. The van der Waals surface area contributed by atoms with Crippen molar-refractivity contribution in [3.8, 4) is 0 Å². The molecule has 0 aliphatic carbocycles. The number of aliphatic hydroxyl groups is 3. The molecule has 0 fully saturated rings. The number of hydrogen-bond acceptors (Lipinski definition) is 4. The fraction of sp³-hybridized carbons (Fsp3) is 0.133. The van der Waals surface area contributed by atoms with Gasteiger partial charge in [0.05, 0.1) is 0 Å². The predicted octanol–water partition coefficient (Wildman–Crippen LogP) is 1.59. The van der Waals surface area contributed by atoms with Crippen molar-refractivity contribution in [3.63, 3.8) is 0 Å². The predicted molar refractivity (Wildman–Crippen MR) is 69.4 cm³/mol. The van der Waals surface area contributed by atoms with Crippen molar-refractivity contribution in [1.82, 2.24) is 0 Å². The minimum Gasteiger partial charge on any atom is -0.380 e. The molecule has 0 aliphatic heterocycles. The minimum absolute atomic E-state index is 0.0856. The Bertz CT molecular complexity index is 563. The lowest BCUT2D eigenvalue weighted by atomic mass is 9.96. The summed E-state index contributed by atoms with van der Waals surface area (Å²) >= 11 is 0. The number of carbonyl (C=O) groups is 1. The maximum absolute atomic E-state index is 12.2. The summed E-state index contributed by atoms with van der Waals surface area (Å²) in [7, 11) is 0. The molecule has 3 N–H and O–H groups in total. The maximum atomic E-state index is 12.2. The minimum atomic E-state index is -1.75. The van der Waals surface area contributed by atoms with Crippen molar-refractivity contribution >= 4 is 5.78 Å². The lowest BCUT2D eigenvalue weighted by molar-refractivity contribution is -0.0430. The monoisotopic (exact) mass is 258 g/mol. The SMILES string of the molecule is O=C(c1ccccc1C(O)O)C(O)c1ccccc1. The van der Waals surface area contributed by atoms with E-state index in [-0.39, 0.29) is 11.1 Å². The number of carbonyl (C=O) groups excluding carboxylic acids is 1. The van der Waals surface area contributed by atoms with Gasteiger partial charge in [-0.15, -0.1) is 0 Å². The molecule has 1 atom stereocenters. The summed E-state index contributed by atoms with van der Waals surface area (Å²) in [5.74, 6) is -0.560. The molecule has 2 rings (SSSR count). The molecule has 0 radical (unpaired) electrons. The summed E-state index contributed by atoms with van der Waals surface area (Å²) in [6.07, 6.45) is -3.07. The molecule has 19 heavy (non-hydrogen) atoms. The fourth-order valence-electron chi connectivity index (χ4n) is 1.88. The van der Waals surface area contributed by atoms with E-state index in [1.165, 1.54) is 12.1 Å². The zero-order valence-electron chi connectivity index (χ0n) is 10.1. The van der Waals surface area contributed by atoms with Gasteiger partial charge in [-0.05, 0) is 5.56 Å². The van der Waals surface area contributed by atoms with Gasteiger partial charge in [-0.3, -0.25) is 4.79 Å². The van der Waals surface area contributed by atoms with E-state index in [2.05, 4.69) is 0 Å². The van der Waals surface area contributed by atoms with E-state index < -0.39 is 18.2 Å². The fourth-order valence-corrected chi connectivity index (χ4v) is 1.88. The Hall–Kier alpha value is -2.01. The summed E-state index contributed by atoms with van der Waals surface area (Å²) in [6.45, 7) is 0. The number of ketones is 1. The van der Waals surface area contributed by atoms with Gasteiger partial charge < -0.3 is 15.3 Å². The van der Waals surface area contributed by atoms with Gasteiger partial charge in [0.2, 0.25) is 0 Å². The van der Waals surface area contributed by atoms with Crippen molar-refractivity contribution in [2.24, 2.45) is 0 Å². The van der Waals surface area contributed by atoms with E-state index in [0.717, 1.165) is 0 Å². The van der Waals surface area contributed by atoms with Crippen molar-refractivity contribution in [2.45, 2.75) is 12.4 Å². The first-order valence-corrected chi connectivity index (χ1v) is 5.83. The van der Waals surface area contributed by atoms with Crippen LogP contribution in [-0.2, 0) is 0 Å². The van der Waals surface area contributed by atoms with Gasteiger partial charge >= 0.3 is 0 Å². The first-order chi connectivity index (χ1) is 9.11. The molecule has 2 aromatic rings. The van der Waals surface area contributed by atoms with Gasteiger partial charge in [0.25, 0.3) is 0 Å². The van der Waals surface area contributed by atoms with E-state index in [1.54, 1.807) is 42.5 Å². The lowest BCUT2D eigenvalue weighted by Crippen LogP contribution is -2.15. The molecule has 0 heterocycles. The molecular formula is C15H14O4. The third-order valence-electron chi connectivity index (χ3n) is 2.87. The Morgan fingerprint density at radius 2 is 1.42 bits per heavy atom. The van der Waals surface area contributed by atoms with Crippen LogP contribution < -0.4 is 0 Å². The van der Waals surface area contributed by atoms with Gasteiger partial charge in [-0.25, -0.2) is 0 Å². The second-order valence-electron chi connectivity index (χ2n) is 4.14. The van der Waals surface area contributed by atoms with Gasteiger partial charge in [-0.2, -0.15) is 0 Å². The smallest absolute Gasteiger partial charge is 0.196 e. The van der Waals surface area contributed by atoms with E-state index in [1.807, 2.05) is 0 Å². The molecule has 4 heteroatoms. The normalized spacial score (nSPS) is 12.4. The molecule has 2 aromatic carbocycles. The highest BCUT2D eigenvalue weighted by molar-refractivity contribution is 6.01. The van der Waals surface area contributed by atoms with Crippen LogP contribution in [-0.4, -0.2) is 21.1 Å². The van der Waals surface area contributed by atoms with Crippen molar-refractivity contribution in [3.05, 3.63) is 71.3 Å². The van der Waals surface area contributed by atoms with Crippen LogP contribution in [0.2, 0.25) is 0 Å². The van der Waals surface area contributed by atoms with Crippen LogP contribution in [0.1, 0.15) is 33.9 Å². The highest BCUT2D eigenvalue weighted by atomic mass is 16.5. The van der Waals surface area contributed by atoms with Crippen LogP contribution >= 0.6 is 0 Å². The van der Waals surface area contributed by atoms with Gasteiger partial charge in [-0.1, -0.05) is 54.6 Å². The Morgan fingerprint density at radius 3 is 2.05 bits per heavy atom. The largest absolute Gasteiger partial charge is 0.380 e.